The van der Waals surface area contributed by atoms with Crippen molar-refractivity contribution >= 4 is 33.8 Å². The van der Waals surface area contributed by atoms with Gasteiger partial charge in [0, 0.05) is 11.3 Å². The molecule has 0 unspecified atom stereocenters. The Morgan fingerprint density at radius 2 is 2.20 bits per heavy atom. The van der Waals surface area contributed by atoms with E-state index in [4.69, 9.17) is 4.74 Å². The van der Waals surface area contributed by atoms with E-state index in [0.717, 1.165) is 5.69 Å². The summed E-state index contributed by atoms with van der Waals surface area (Å²) in [6.45, 7) is 3.55. The second-order valence-corrected chi connectivity index (χ2v) is 4.87. The molecule has 0 bridgehead atoms. The molecule has 0 aliphatic heterocycles. The Bertz CT molecular complexity index is 637. The van der Waals surface area contributed by atoms with E-state index in [1.165, 1.54) is 18.3 Å². The summed E-state index contributed by atoms with van der Waals surface area (Å²) in [7, 11) is 0. The fraction of sp³-hybridized carbons (Fsp3) is 0.214. The molecule has 1 aromatic heterocycles. The van der Waals surface area contributed by atoms with E-state index in [2.05, 4.69) is 10.3 Å². The number of carbonyl (C=O) groups excluding carboxylic acids is 2. The maximum atomic E-state index is 11.7. The van der Waals surface area contributed by atoms with Crippen LogP contribution in [-0.4, -0.2) is 23.3 Å². The second-order valence-electron chi connectivity index (χ2n) is 4.01. The molecule has 5 nitrogen and oxygen atoms in total. The number of ether oxygens (including phenoxy) is 1. The average Bonchev–Trinajstić information content (AvgIpc) is 2.87. The molecule has 2 aromatic rings. The number of anilines is 2. The van der Waals surface area contributed by atoms with Crippen LogP contribution in [0.5, 0.6) is 0 Å². The maximum Gasteiger partial charge on any atom is 0.360 e. The Hall–Kier alpha value is -2.21. The molecule has 2 rings (SSSR count). The molecule has 0 atom stereocenters. The summed E-state index contributed by atoms with van der Waals surface area (Å²) >= 11 is 1.30. The van der Waals surface area contributed by atoms with Crippen molar-refractivity contribution in [1.29, 1.82) is 0 Å². The molecule has 104 valence electrons. The van der Waals surface area contributed by atoms with Crippen LogP contribution in [0.25, 0.3) is 0 Å². The minimum atomic E-state index is -0.459. The molecule has 0 aliphatic rings. The van der Waals surface area contributed by atoms with Gasteiger partial charge in [-0.15, -0.1) is 11.3 Å². The molecule has 0 saturated carbocycles. The van der Waals surface area contributed by atoms with Gasteiger partial charge in [0.1, 0.15) is 5.00 Å². The van der Waals surface area contributed by atoms with Crippen LogP contribution in [0.3, 0.4) is 0 Å². The molecule has 0 saturated heterocycles. The van der Waals surface area contributed by atoms with Crippen molar-refractivity contribution in [3.05, 3.63) is 41.0 Å². The third-order valence-corrected chi connectivity index (χ3v) is 3.31. The van der Waals surface area contributed by atoms with Crippen molar-refractivity contribution in [3.8, 4) is 0 Å². The van der Waals surface area contributed by atoms with E-state index in [9.17, 15) is 9.59 Å². The van der Waals surface area contributed by atoms with Gasteiger partial charge in [0.15, 0.2) is 11.5 Å². The number of carbonyl (C=O) groups is 2. The van der Waals surface area contributed by atoms with Gasteiger partial charge in [-0.1, -0.05) is 12.1 Å². The van der Waals surface area contributed by atoms with E-state index in [1.54, 1.807) is 30.6 Å². The van der Waals surface area contributed by atoms with Gasteiger partial charge in [-0.2, -0.15) is 0 Å². The molecule has 1 heterocycles. The number of nitrogens with one attached hydrogen (secondary N) is 1. The molecule has 6 heteroatoms. The molecule has 0 spiro atoms. The minimum Gasteiger partial charge on any atom is -0.461 e. The van der Waals surface area contributed by atoms with Crippen molar-refractivity contribution in [3.63, 3.8) is 0 Å². The Morgan fingerprint density at radius 3 is 2.90 bits per heavy atom. The lowest BCUT2D eigenvalue weighted by atomic mass is 10.1. The number of rotatable bonds is 5. The van der Waals surface area contributed by atoms with Gasteiger partial charge in [-0.25, -0.2) is 9.78 Å². The molecule has 1 aromatic carbocycles. The highest BCUT2D eigenvalue weighted by molar-refractivity contribution is 7.14. The normalized spacial score (nSPS) is 10.1. The summed E-state index contributed by atoms with van der Waals surface area (Å²) < 4.78 is 4.94. The van der Waals surface area contributed by atoms with E-state index in [-0.39, 0.29) is 11.5 Å². The quantitative estimate of drug-likeness (QED) is 0.676. The van der Waals surface area contributed by atoms with Gasteiger partial charge in [0.25, 0.3) is 0 Å². The summed E-state index contributed by atoms with van der Waals surface area (Å²) in [5.74, 6) is -0.470. The highest BCUT2D eigenvalue weighted by Gasteiger charge is 2.16. The lowest BCUT2D eigenvalue weighted by molar-refractivity contribution is 0.0521. The van der Waals surface area contributed by atoms with E-state index in [0.29, 0.717) is 17.2 Å². The Balaban J connectivity index is 2.22. The lowest BCUT2D eigenvalue weighted by Gasteiger charge is -2.07. The number of thiazole rings is 1. The summed E-state index contributed by atoms with van der Waals surface area (Å²) in [5.41, 5.74) is 3.17. The minimum absolute atomic E-state index is 0.0106. The van der Waals surface area contributed by atoms with Gasteiger partial charge in [-0.3, -0.25) is 4.79 Å². The van der Waals surface area contributed by atoms with Crippen LogP contribution in [0.4, 0.5) is 10.7 Å². The zero-order chi connectivity index (χ0) is 14.5. The van der Waals surface area contributed by atoms with Crippen molar-refractivity contribution in [2.75, 3.05) is 11.9 Å². The zero-order valence-corrected chi connectivity index (χ0v) is 12.0. The summed E-state index contributed by atoms with van der Waals surface area (Å²) in [6.07, 6.45) is 0. The first-order valence-electron chi connectivity index (χ1n) is 6.10. The first-order chi connectivity index (χ1) is 9.61. The molecule has 0 amide bonds. The predicted molar refractivity (Wildman–Crippen MR) is 77.8 cm³/mol. The summed E-state index contributed by atoms with van der Waals surface area (Å²) in [6, 6.07) is 7.08. The third kappa shape index (κ3) is 3.21. The number of hydrogen-bond acceptors (Lipinski definition) is 6. The largest absolute Gasteiger partial charge is 0.461 e. The first-order valence-corrected chi connectivity index (χ1v) is 6.98. The highest BCUT2D eigenvalue weighted by atomic mass is 32.1. The van der Waals surface area contributed by atoms with E-state index in [1.807, 2.05) is 6.07 Å². The number of esters is 1. The van der Waals surface area contributed by atoms with Crippen LogP contribution in [0.15, 0.2) is 29.8 Å². The van der Waals surface area contributed by atoms with Crippen LogP contribution >= 0.6 is 11.3 Å². The number of hydrogen-bond donors (Lipinski definition) is 1. The monoisotopic (exact) mass is 290 g/mol. The van der Waals surface area contributed by atoms with Crippen LogP contribution in [0.1, 0.15) is 34.7 Å². The summed E-state index contributed by atoms with van der Waals surface area (Å²) in [4.78, 5) is 27.1. The predicted octanol–water partition coefficient (Wildman–Crippen LogP) is 3.27. The van der Waals surface area contributed by atoms with Gasteiger partial charge in [0.05, 0.1) is 12.1 Å². The second kappa shape index (κ2) is 6.29. The smallest absolute Gasteiger partial charge is 0.360 e. The molecule has 1 N–H and O–H groups in total. The highest BCUT2D eigenvalue weighted by Crippen LogP contribution is 2.26. The van der Waals surface area contributed by atoms with Gasteiger partial charge >= 0.3 is 5.97 Å². The van der Waals surface area contributed by atoms with E-state index >= 15 is 0 Å². The van der Waals surface area contributed by atoms with Crippen molar-refractivity contribution in [2.24, 2.45) is 0 Å². The molecular formula is C14H14N2O3S. The van der Waals surface area contributed by atoms with Gasteiger partial charge < -0.3 is 10.1 Å². The Morgan fingerprint density at radius 1 is 1.40 bits per heavy atom. The number of nitrogens with zero attached hydrogens (tertiary/aromatic N) is 1. The van der Waals surface area contributed by atoms with Gasteiger partial charge in [-0.05, 0) is 26.0 Å². The number of benzene rings is 1. The molecule has 0 fully saturated rings. The fourth-order valence-electron chi connectivity index (χ4n) is 1.63. The maximum absolute atomic E-state index is 11.7. The number of aromatic nitrogens is 1. The van der Waals surface area contributed by atoms with Crippen LogP contribution in [0, 0.1) is 0 Å². The first kappa shape index (κ1) is 14.2. The van der Waals surface area contributed by atoms with Crippen LogP contribution in [0.2, 0.25) is 0 Å². The van der Waals surface area contributed by atoms with Crippen molar-refractivity contribution in [2.45, 2.75) is 13.8 Å². The van der Waals surface area contributed by atoms with Crippen LogP contribution < -0.4 is 5.32 Å². The SMILES string of the molecule is CCOC(=O)c1ncsc1Nc1cccc(C(C)=O)c1. The zero-order valence-electron chi connectivity index (χ0n) is 11.2. The molecule has 0 aliphatic carbocycles. The topological polar surface area (TPSA) is 68.3 Å². The number of Topliss-reactive ketones (excluding diaryl/α,β-unsaturated/α-hetero) is 1. The Labute approximate surface area is 120 Å². The van der Waals surface area contributed by atoms with E-state index < -0.39 is 5.97 Å². The average molecular weight is 290 g/mol. The molecule has 20 heavy (non-hydrogen) atoms. The fourth-order valence-corrected chi connectivity index (χ4v) is 2.31. The molecule has 0 radical (unpaired) electrons. The van der Waals surface area contributed by atoms with Crippen LogP contribution in [-0.2, 0) is 4.74 Å². The van der Waals surface area contributed by atoms with Crippen molar-refractivity contribution < 1.29 is 14.3 Å². The molecular weight excluding hydrogens is 276 g/mol. The number of ketones is 1. The standard InChI is InChI=1S/C14H14N2O3S/c1-3-19-14(18)12-13(20-8-15-12)16-11-6-4-5-10(7-11)9(2)17/h4-8,16H,3H2,1-2H3. The third-order valence-electron chi connectivity index (χ3n) is 2.56. The Kier molecular flexibility index (Phi) is 4.47. The van der Waals surface area contributed by atoms with Crippen molar-refractivity contribution in [1.82, 2.24) is 4.98 Å². The summed E-state index contributed by atoms with van der Waals surface area (Å²) in [5, 5.41) is 3.69. The lowest BCUT2D eigenvalue weighted by Crippen LogP contribution is -2.07. The van der Waals surface area contributed by atoms with Gasteiger partial charge in [0.2, 0.25) is 0 Å².